The molecular weight excluding hydrogens is 897 g/mol. The molecule has 0 aromatic heterocycles. The van der Waals surface area contributed by atoms with Gasteiger partial charge in [-0.25, -0.2) is 4.79 Å². The van der Waals surface area contributed by atoms with Crippen molar-refractivity contribution < 1.29 is 47.4 Å². The number of esters is 1. The zero-order valence-electron chi connectivity index (χ0n) is 43.1. The maximum absolute atomic E-state index is 13.2. The minimum Gasteiger partial charge on any atom is -0.490 e. The lowest BCUT2D eigenvalue weighted by Crippen LogP contribution is -2.13. The van der Waals surface area contributed by atoms with Crippen molar-refractivity contribution >= 4 is 29.5 Å². The molecule has 4 aromatic rings. The average molecular weight is 979 g/mol. The van der Waals surface area contributed by atoms with E-state index in [1.54, 1.807) is 42.5 Å². The second-order valence-corrected chi connectivity index (χ2v) is 17.9. The molecule has 0 atom stereocenters. The van der Waals surface area contributed by atoms with Crippen LogP contribution in [0, 0.1) is 0 Å². The van der Waals surface area contributed by atoms with Crippen molar-refractivity contribution in [2.75, 3.05) is 72.7 Å². The van der Waals surface area contributed by atoms with Crippen molar-refractivity contribution in [1.29, 1.82) is 0 Å². The molecule has 0 N–H and O–H groups in total. The molecule has 1 aliphatic rings. The number of carbonyl (C=O) groups excluding carboxylic acids is 1. The Kier molecular flexibility index (Phi) is 28.4. The fraction of sp³-hybridized carbons (Fsp3) is 0.542. The van der Waals surface area contributed by atoms with Crippen LogP contribution in [0.25, 0.3) is 12.2 Å². The van der Waals surface area contributed by atoms with Crippen LogP contribution >= 0.6 is 0 Å². The summed E-state index contributed by atoms with van der Waals surface area (Å²) >= 11 is 0. The second-order valence-electron chi connectivity index (χ2n) is 17.9. The van der Waals surface area contributed by atoms with Gasteiger partial charge in [-0.05, 0) is 91.6 Å². The predicted molar refractivity (Wildman–Crippen MR) is 284 cm³/mol. The Balaban J connectivity index is 1.21. The van der Waals surface area contributed by atoms with Gasteiger partial charge in [0.25, 0.3) is 0 Å². The molecule has 0 unspecified atom stereocenters. The van der Waals surface area contributed by atoms with Crippen molar-refractivity contribution in [3.05, 3.63) is 95.6 Å². The van der Waals surface area contributed by atoms with Gasteiger partial charge in [0.2, 0.25) is 5.75 Å². The van der Waals surface area contributed by atoms with Crippen LogP contribution in [-0.2, 0) is 14.2 Å². The van der Waals surface area contributed by atoms with E-state index in [0.717, 1.165) is 54.7 Å². The zero-order chi connectivity index (χ0) is 49.8. The van der Waals surface area contributed by atoms with Crippen LogP contribution in [0.5, 0.6) is 34.5 Å². The highest BCUT2D eigenvalue weighted by atomic mass is 16.6. The summed E-state index contributed by atoms with van der Waals surface area (Å²) in [7, 11) is 0. The number of unbranched alkanes of at least 4 members (excludes halogenated alkanes) is 15. The monoisotopic (exact) mass is 979 g/mol. The maximum atomic E-state index is 13.2. The summed E-state index contributed by atoms with van der Waals surface area (Å²) in [4.78, 5) is 13.2. The number of azo groups is 1. The third-order valence-electron chi connectivity index (χ3n) is 11.9. The van der Waals surface area contributed by atoms with E-state index >= 15 is 0 Å². The molecule has 4 aromatic carbocycles. The van der Waals surface area contributed by atoms with Gasteiger partial charge >= 0.3 is 5.97 Å². The summed E-state index contributed by atoms with van der Waals surface area (Å²) in [5.74, 6) is 2.97. The Morgan fingerprint density at radius 1 is 0.479 bits per heavy atom. The van der Waals surface area contributed by atoms with Crippen LogP contribution in [0.3, 0.4) is 0 Å². The fourth-order valence-electron chi connectivity index (χ4n) is 7.80. The van der Waals surface area contributed by atoms with Gasteiger partial charge in [0.15, 0.2) is 23.0 Å². The molecule has 1 heterocycles. The summed E-state index contributed by atoms with van der Waals surface area (Å²) in [6, 6.07) is 23.9. The Hall–Kier alpha value is -5.43. The van der Waals surface area contributed by atoms with Gasteiger partial charge in [0.05, 0.1) is 76.4 Å². The standard InChI is InChI=1S/C59H82N2O10/c1-4-7-10-13-16-19-36-66-55-35-26-49(57(69-37-20-17-14-11-8-5-2)58(55)70-38-21-18-15-12-9-6-3)25-22-48-23-28-51(29-24-48)60-61-52-30-32-53(33-31-52)71-59(62)50-27-34-54-56(47-50)68-46-44-65-42-40-63-39-41-64-43-45-67-54/h22-35,47H,4-21,36-46H2,1-3H3/b25-22+,61-60?. The number of rotatable bonds is 30. The number of ether oxygens (including phenoxy) is 9. The molecule has 5 rings (SSSR count). The predicted octanol–water partition coefficient (Wildman–Crippen LogP) is 15.5. The fourth-order valence-corrected chi connectivity index (χ4v) is 7.80. The van der Waals surface area contributed by atoms with Gasteiger partial charge in [0.1, 0.15) is 19.0 Å². The van der Waals surface area contributed by atoms with E-state index in [1.165, 1.54) is 83.5 Å². The van der Waals surface area contributed by atoms with E-state index in [1.807, 2.05) is 30.3 Å². The van der Waals surface area contributed by atoms with Crippen molar-refractivity contribution in [2.45, 2.75) is 136 Å². The number of hydrogen-bond acceptors (Lipinski definition) is 12. The van der Waals surface area contributed by atoms with Gasteiger partial charge in [-0.1, -0.05) is 141 Å². The van der Waals surface area contributed by atoms with Crippen LogP contribution in [-0.4, -0.2) is 78.6 Å². The summed E-state index contributed by atoms with van der Waals surface area (Å²) in [5, 5.41) is 8.90. The summed E-state index contributed by atoms with van der Waals surface area (Å²) in [6.07, 6.45) is 25.7. The molecule has 12 nitrogen and oxygen atoms in total. The zero-order valence-corrected chi connectivity index (χ0v) is 43.1. The van der Waals surface area contributed by atoms with E-state index in [0.29, 0.717) is 106 Å². The van der Waals surface area contributed by atoms with E-state index in [-0.39, 0.29) is 6.61 Å². The largest absolute Gasteiger partial charge is 0.490 e. The second kappa shape index (κ2) is 35.6. The Labute approximate surface area is 424 Å². The number of fused-ring (bicyclic) bond motifs is 1. The molecule has 0 fully saturated rings. The maximum Gasteiger partial charge on any atom is 0.343 e. The van der Waals surface area contributed by atoms with Crippen LogP contribution < -0.4 is 28.4 Å². The molecule has 388 valence electrons. The highest BCUT2D eigenvalue weighted by Gasteiger charge is 2.18. The molecule has 0 amide bonds. The van der Waals surface area contributed by atoms with Gasteiger partial charge in [-0.3, -0.25) is 0 Å². The first-order chi connectivity index (χ1) is 35.1. The summed E-state index contributed by atoms with van der Waals surface area (Å²) in [5.41, 5.74) is 3.60. The topological polar surface area (TPSA) is 125 Å². The molecule has 0 saturated carbocycles. The van der Waals surface area contributed by atoms with Gasteiger partial charge < -0.3 is 42.6 Å². The van der Waals surface area contributed by atoms with E-state index < -0.39 is 5.97 Å². The van der Waals surface area contributed by atoms with Gasteiger partial charge in [-0.15, -0.1) is 0 Å². The lowest BCUT2D eigenvalue weighted by Gasteiger charge is -2.19. The van der Waals surface area contributed by atoms with E-state index in [2.05, 4.69) is 49.2 Å². The van der Waals surface area contributed by atoms with Gasteiger partial charge in [-0.2, -0.15) is 10.2 Å². The first-order valence-corrected chi connectivity index (χ1v) is 26.8. The van der Waals surface area contributed by atoms with Crippen molar-refractivity contribution in [1.82, 2.24) is 0 Å². The number of benzene rings is 4. The van der Waals surface area contributed by atoms with Crippen LogP contribution in [0.2, 0.25) is 0 Å². The van der Waals surface area contributed by atoms with E-state index in [9.17, 15) is 4.79 Å². The Bertz CT molecular complexity index is 2110. The normalized spacial score (nSPS) is 13.7. The summed E-state index contributed by atoms with van der Waals surface area (Å²) < 4.78 is 53.8. The lowest BCUT2D eigenvalue weighted by molar-refractivity contribution is 0.00708. The highest BCUT2D eigenvalue weighted by molar-refractivity contribution is 5.92. The number of nitrogens with zero attached hydrogens (tertiary/aromatic N) is 2. The smallest absolute Gasteiger partial charge is 0.343 e. The first-order valence-electron chi connectivity index (χ1n) is 26.8. The van der Waals surface area contributed by atoms with Crippen molar-refractivity contribution in [3.8, 4) is 34.5 Å². The Morgan fingerprint density at radius 3 is 1.52 bits per heavy atom. The molecule has 0 aliphatic carbocycles. The Morgan fingerprint density at radius 2 is 0.958 bits per heavy atom. The van der Waals surface area contributed by atoms with Crippen LogP contribution in [0.4, 0.5) is 11.4 Å². The molecule has 12 heteroatoms. The third-order valence-corrected chi connectivity index (χ3v) is 11.9. The molecule has 0 bridgehead atoms. The van der Waals surface area contributed by atoms with Crippen LogP contribution in [0.1, 0.15) is 158 Å². The molecule has 0 radical (unpaired) electrons. The van der Waals surface area contributed by atoms with Gasteiger partial charge in [0, 0.05) is 5.56 Å². The lowest BCUT2D eigenvalue weighted by atomic mass is 10.1. The van der Waals surface area contributed by atoms with E-state index in [4.69, 9.17) is 42.6 Å². The molecule has 71 heavy (non-hydrogen) atoms. The SMILES string of the molecule is CCCCCCCCOc1ccc(/C=C/c2ccc(N=Nc3ccc(OC(=O)c4ccc5c(c4)OCCOCCOCCOCCO5)cc3)cc2)c(OCCCCCCCC)c1OCCCCCCCC. The quantitative estimate of drug-likeness (QED) is 0.0164. The molecule has 0 saturated heterocycles. The van der Waals surface area contributed by atoms with Crippen LogP contribution in [0.15, 0.2) is 89.1 Å². The minimum atomic E-state index is -0.536. The van der Waals surface area contributed by atoms with Crippen molar-refractivity contribution in [3.63, 3.8) is 0 Å². The average Bonchev–Trinajstić information content (AvgIpc) is 3.40. The molecule has 1 aliphatic heterocycles. The minimum absolute atomic E-state index is 0.278. The highest BCUT2D eigenvalue weighted by Crippen LogP contribution is 2.42. The van der Waals surface area contributed by atoms with Crippen molar-refractivity contribution in [2.24, 2.45) is 10.2 Å². The molecule has 0 spiro atoms. The molecular formula is C59H82N2O10. The summed E-state index contributed by atoms with van der Waals surface area (Å²) in [6.45, 7) is 11.9. The number of hydrogen-bond donors (Lipinski definition) is 0. The first kappa shape index (κ1) is 56.5. The number of carbonyl (C=O) groups is 1. The third kappa shape index (κ3) is 22.7.